The SMILES string of the molecule is CCNCC1CCN(C(=O)c2cc3c(s2)CCC(C)C3)CC1. The number of thiophene rings is 1. The standard InChI is InChI=1S/C18H28N2OS/c1-3-19-12-14-6-8-20(9-7-14)18(21)17-11-15-10-13(2)4-5-16(15)22-17/h11,13-14,19H,3-10,12H2,1-2H3. The number of carbonyl (C=O) groups excluding carboxylic acids is 1. The van der Waals surface area contributed by atoms with Crippen molar-refractivity contribution in [1.82, 2.24) is 10.2 Å². The Morgan fingerprint density at radius 2 is 2.14 bits per heavy atom. The van der Waals surface area contributed by atoms with E-state index in [0.29, 0.717) is 0 Å². The number of likely N-dealkylation sites (tertiary alicyclic amines) is 1. The molecular formula is C18H28N2OS. The normalized spacial score (nSPS) is 22.6. The monoisotopic (exact) mass is 320 g/mol. The maximum Gasteiger partial charge on any atom is 0.263 e. The molecule has 2 aliphatic rings. The van der Waals surface area contributed by atoms with Gasteiger partial charge in [0.05, 0.1) is 4.88 Å². The topological polar surface area (TPSA) is 32.3 Å². The molecule has 3 rings (SSSR count). The van der Waals surface area contributed by atoms with Crippen molar-refractivity contribution < 1.29 is 4.79 Å². The number of aryl methyl sites for hydroxylation is 1. The zero-order valence-corrected chi connectivity index (χ0v) is 14.7. The Morgan fingerprint density at radius 3 is 2.86 bits per heavy atom. The molecule has 1 unspecified atom stereocenters. The van der Waals surface area contributed by atoms with E-state index in [9.17, 15) is 4.79 Å². The summed E-state index contributed by atoms with van der Waals surface area (Å²) in [5, 5.41) is 3.43. The van der Waals surface area contributed by atoms with E-state index in [1.807, 2.05) is 0 Å². The molecule has 4 heteroatoms. The lowest BCUT2D eigenvalue weighted by molar-refractivity contribution is 0.0695. The molecule has 1 N–H and O–H groups in total. The van der Waals surface area contributed by atoms with Gasteiger partial charge in [-0.15, -0.1) is 11.3 Å². The number of fused-ring (bicyclic) bond motifs is 1. The third-order valence-electron chi connectivity index (χ3n) is 5.12. The van der Waals surface area contributed by atoms with Crippen molar-refractivity contribution >= 4 is 17.2 Å². The van der Waals surface area contributed by atoms with Gasteiger partial charge < -0.3 is 10.2 Å². The molecule has 1 atom stereocenters. The zero-order valence-electron chi connectivity index (χ0n) is 13.9. The van der Waals surface area contributed by atoms with Crippen LogP contribution in [0.25, 0.3) is 0 Å². The van der Waals surface area contributed by atoms with Gasteiger partial charge in [0.15, 0.2) is 0 Å². The van der Waals surface area contributed by atoms with Gasteiger partial charge in [-0.25, -0.2) is 0 Å². The van der Waals surface area contributed by atoms with Crippen molar-refractivity contribution in [1.29, 1.82) is 0 Å². The highest BCUT2D eigenvalue weighted by molar-refractivity contribution is 7.14. The first-order valence-electron chi connectivity index (χ1n) is 8.79. The number of hydrogen-bond acceptors (Lipinski definition) is 3. The van der Waals surface area contributed by atoms with E-state index in [1.54, 1.807) is 11.3 Å². The minimum absolute atomic E-state index is 0.272. The maximum absolute atomic E-state index is 12.7. The number of nitrogens with one attached hydrogen (secondary N) is 1. The second-order valence-electron chi connectivity index (χ2n) is 6.95. The summed E-state index contributed by atoms with van der Waals surface area (Å²) in [6.45, 7) is 8.46. The van der Waals surface area contributed by atoms with Crippen molar-refractivity contribution in [2.75, 3.05) is 26.2 Å². The fraction of sp³-hybridized carbons (Fsp3) is 0.722. The van der Waals surface area contributed by atoms with Gasteiger partial charge in [0.1, 0.15) is 0 Å². The van der Waals surface area contributed by atoms with E-state index >= 15 is 0 Å². The lowest BCUT2D eigenvalue weighted by Crippen LogP contribution is -2.40. The molecule has 1 amide bonds. The van der Waals surface area contributed by atoms with Crippen molar-refractivity contribution in [3.8, 4) is 0 Å². The van der Waals surface area contributed by atoms with Crippen molar-refractivity contribution in [2.45, 2.75) is 46.0 Å². The minimum Gasteiger partial charge on any atom is -0.338 e. The summed E-state index contributed by atoms with van der Waals surface area (Å²) in [7, 11) is 0. The summed E-state index contributed by atoms with van der Waals surface area (Å²) in [6, 6.07) is 2.18. The highest BCUT2D eigenvalue weighted by Gasteiger charge is 2.26. The predicted octanol–water partition coefficient (Wildman–Crippen LogP) is 3.33. The molecule has 1 saturated heterocycles. The van der Waals surface area contributed by atoms with Gasteiger partial charge in [-0.1, -0.05) is 13.8 Å². The summed E-state index contributed by atoms with van der Waals surface area (Å²) < 4.78 is 0. The number of piperidine rings is 1. The van der Waals surface area contributed by atoms with E-state index in [4.69, 9.17) is 0 Å². The molecule has 1 aliphatic carbocycles. The number of carbonyl (C=O) groups is 1. The van der Waals surface area contributed by atoms with E-state index in [1.165, 1.54) is 23.3 Å². The molecule has 0 radical (unpaired) electrons. The van der Waals surface area contributed by atoms with E-state index in [-0.39, 0.29) is 5.91 Å². The van der Waals surface area contributed by atoms with Crippen LogP contribution in [0.4, 0.5) is 0 Å². The summed E-state index contributed by atoms with van der Waals surface area (Å²) >= 11 is 1.75. The Morgan fingerprint density at radius 1 is 1.36 bits per heavy atom. The third-order valence-corrected chi connectivity index (χ3v) is 6.35. The van der Waals surface area contributed by atoms with Crippen LogP contribution in [-0.4, -0.2) is 37.0 Å². The first kappa shape index (κ1) is 16.0. The molecule has 1 aliphatic heterocycles. The van der Waals surface area contributed by atoms with Crippen LogP contribution in [-0.2, 0) is 12.8 Å². The van der Waals surface area contributed by atoms with Gasteiger partial charge in [0, 0.05) is 18.0 Å². The third kappa shape index (κ3) is 3.54. The lowest BCUT2D eigenvalue weighted by Gasteiger charge is -2.31. The summed E-state index contributed by atoms with van der Waals surface area (Å²) in [6.07, 6.45) is 5.88. The van der Waals surface area contributed by atoms with Gasteiger partial charge in [-0.2, -0.15) is 0 Å². The van der Waals surface area contributed by atoms with Crippen LogP contribution in [0.15, 0.2) is 6.07 Å². The highest BCUT2D eigenvalue weighted by Crippen LogP contribution is 2.33. The molecule has 0 aromatic carbocycles. The molecule has 3 nitrogen and oxygen atoms in total. The first-order chi connectivity index (χ1) is 10.7. The Hall–Kier alpha value is -0.870. The van der Waals surface area contributed by atoms with Gasteiger partial charge in [0.2, 0.25) is 0 Å². The van der Waals surface area contributed by atoms with Crippen LogP contribution in [0.1, 0.15) is 53.2 Å². The van der Waals surface area contributed by atoms with E-state index in [0.717, 1.165) is 62.2 Å². The van der Waals surface area contributed by atoms with Gasteiger partial charge >= 0.3 is 0 Å². The largest absolute Gasteiger partial charge is 0.338 e. The van der Waals surface area contributed by atoms with E-state index in [2.05, 4.69) is 30.1 Å². The summed E-state index contributed by atoms with van der Waals surface area (Å²) in [4.78, 5) is 17.3. The molecule has 122 valence electrons. The Bertz CT molecular complexity index is 517. The fourth-order valence-electron chi connectivity index (χ4n) is 3.66. The maximum atomic E-state index is 12.7. The predicted molar refractivity (Wildman–Crippen MR) is 92.7 cm³/mol. The highest BCUT2D eigenvalue weighted by atomic mass is 32.1. The molecular weight excluding hydrogens is 292 g/mol. The molecule has 1 fully saturated rings. The molecule has 22 heavy (non-hydrogen) atoms. The summed E-state index contributed by atoms with van der Waals surface area (Å²) in [5.74, 6) is 1.78. The average molecular weight is 321 g/mol. The number of amides is 1. The van der Waals surface area contributed by atoms with Crippen LogP contribution in [0.3, 0.4) is 0 Å². The quantitative estimate of drug-likeness (QED) is 0.923. The van der Waals surface area contributed by atoms with Crippen molar-refractivity contribution in [3.05, 3.63) is 21.4 Å². The number of rotatable bonds is 4. The zero-order chi connectivity index (χ0) is 15.5. The van der Waals surface area contributed by atoms with Gasteiger partial charge in [0.25, 0.3) is 5.91 Å². The van der Waals surface area contributed by atoms with Crippen molar-refractivity contribution in [2.24, 2.45) is 11.8 Å². The van der Waals surface area contributed by atoms with Crippen LogP contribution in [0.5, 0.6) is 0 Å². The average Bonchev–Trinajstić information content (AvgIpc) is 2.95. The second kappa shape index (κ2) is 7.14. The Kier molecular flexibility index (Phi) is 5.19. The molecule has 0 bridgehead atoms. The van der Waals surface area contributed by atoms with Crippen LogP contribution >= 0.6 is 11.3 Å². The van der Waals surface area contributed by atoms with Gasteiger partial charge in [-0.3, -0.25) is 4.79 Å². The Labute approximate surface area is 138 Å². The second-order valence-corrected chi connectivity index (χ2v) is 8.09. The molecule has 2 heterocycles. The number of nitrogens with zero attached hydrogens (tertiary/aromatic N) is 1. The molecule has 0 spiro atoms. The lowest BCUT2D eigenvalue weighted by atomic mass is 9.90. The summed E-state index contributed by atoms with van der Waals surface area (Å²) in [5.41, 5.74) is 1.44. The molecule has 1 aromatic rings. The smallest absolute Gasteiger partial charge is 0.263 e. The van der Waals surface area contributed by atoms with Crippen molar-refractivity contribution in [3.63, 3.8) is 0 Å². The number of hydrogen-bond donors (Lipinski definition) is 1. The van der Waals surface area contributed by atoms with Gasteiger partial charge in [-0.05, 0) is 68.7 Å². The van der Waals surface area contributed by atoms with Crippen LogP contribution < -0.4 is 5.32 Å². The molecule has 0 saturated carbocycles. The molecule has 1 aromatic heterocycles. The Balaban J connectivity index is 1.58. The fourth-order valence-corrected chi connectivity index (χ4v) is 4.83. The van der Waals surface area contributed by atoms with Crippen LogP contribution in [0.2, 0.25) is 0 Å². The van der Waals surface area contributed by atoms with E-state index < -0.39 is 0 Å². The van der Waals surface area contributed by atoms with Crippen LogP contribution in [0, 0.1) is 11.8 Å². The first-order valence-corrected chi connectivity index (χ1v) is 9.60. The minimum atomic E-state index is 0.272.